The molecule has 13 heteroatoms. The number of morpholine rings is 1. The van der Waals surface area contributed by atoms with Crippen molar-refractivity contribution in [1.82, 2.24) is 8.61 Å². The molecule has 0 saturated carbocycles. The van der Waals surface area contributed by atoms with Crippen LogP contribution in [0.5, 0.6) is 0 Å². The molecule has 0 aliphatic carbocycles. The summed E-state index contributed by atoms with van der Waals surface area (Å²) in [6, 6.07) is 19.7. The minimum Gasteiger partial charge on any atom is -0.444 e. The number of carbonyl (C=O) groups excluding carboxylic acids is 2. The van der Waals surface area contributed by atoms with Gasteiger partial charge < -0.3 is 14.8 Å². The molecule has 1 atom stereocenters. The van der Waals surface area contributed by atoms with Crippen molar-refractivity contribution in [2.24, 2.45) is 0 Å². The molecule has 42 heavy (non-hydrogen) atoms. The van der Waals surface area contributed by atoms with Crippen LogP contribution in [0.1, 0.15) is 34.9 Å². The monoisotopic (exact) mass is 613 g/mol. The molecule has 0 unspecified atom stereocenters. The maximum atomic E-state index is 13.4. The van der Waals surface area contributed by atoms with E-state index in [1.807, 2.05) is 0 Å². The predicted octanol–water partition coefficient (Wildman–Crippen LogP) is 3.03. The van der Waals surface area contributed by atoms with Crippen molar-refractivity contribution in [1.29, 1.82) is 0 Å². The highest BCUT2D eigenvalue weighted by Crippen LogP contribution is 2.26. The molecule has 0 radical (unpaired) electrons. The van der Waals surface area contributed by atoms with Crippen LogP contribution in [0.2, 0.25) is 0 Å². The molecular weight excluding hydrogens is 582 g/mol. The summed E-state index contributed by atoms with van der Waals surface area (Å²) in [5, 5.41) is 2.66. The molecule has 0 aromatic heterocycles. The number of hydrogen-bond donors (Lipinski definition) is 1. The van der Waals surface area contributed by atoms with Gasteiger partial charge in [0, 0.05) is 37.4 Å². The molecule has 2 aliphatic heterocycles. The van der Waals surface area contributed by atoms with Gasteiger partial charge in [0.05, 0.1) is 28.6 Å². The second kappa shape index (κ2) is 12.7. The van der Waals surface area contributed by atoms with Gasteiger partial charge in [-0.05, 0) is 55.3 Å². The lowest BCUT2D eigenvalue weighted by Crippen LogP contribution is -2.40. The summed E-state index contributed by atoms with van der Waals surface area (Å²) >= 11 is 0. The van der Waals surface area contributed by atoms with Crippen LogP contribution in [0.4, 0.5) is 5.69 Å². The van der Waals surface area contributed by atoms with Gasteiger partial charge in [0.15, 0.2) is 0 Å². The first-order valence-electron chi connectivity index (χ1n) is 13.5. The van der Waals surface area contributed by atoms with Crippen molar-refractivity contribution in [3.8, 4) is 0 Å². The van der Waals surface area contributed by atoms with E-state index in [1.165, 1.54) is 51.1 Å². The summed E-state index contributed by atoms with van der Waals surface area (Å²) in [4.78, 5) is 26.6. The number of amides is 1. The van der Waals surface area contributed by atoms with Crippen LogP contribution in [0, 0.1) is 0 Å². The first-order chi connectivity index (χ1) is 20.2. The summed E-state index contributed by atoms with van der Waals surface area (Å²) < 4.78 is 65.5. The van der Waals surface area contributed by atoms with Gasteiger partial charge in [0.1, 0.15) is 0 Å². The fraction of sp³-hybridized carbons (Fsp3) is 0.310. The van der Waals surface area contributed by atoms with Gasteiger partial charge in [-0.25, -0.2) is 21.6 Å². The Morgan fingerprint density at radius 1 is 0.738 bits per heavy atom. The molecule has 2 heterocycles. The lowest BCUT2D eigenvalue weighted by molar-refractivity contribution is -0.125. The Morgan fingerprint density at radius 2 is 1.36 bits per heavy atom. The van der Waals surface area contributed by atoms with E-state index in [1.54, 1.807) is 36.4 Å². The second-order valence-corrected chi connectivity index (χ2v) is 13.7. The van der Waals surface area contributed by atoms with Crippen LogP contribution in [0.25, 0.3) is 0 Å². The number of anilines is 1. The first-order valence-corrected chi connectivity index (χ1v) is 16.4. The zero-order valence-corrected chi connectivity index (χ0v) is 24.3. The summed E-state index contributed by atoms with van der Waals surface area (Å²) in [6.07, 6.45) is 0.243. The minimum absolute atomic E-state index is 0.0134. The Balaban J connectivity index is 1.33. The van der Waals surface area contributed by atoms with Crippen molar-refractivity contribution in [2.75, 3.05) is 44.7 Å². The molecule has 3 aromatic rings. The molecule has 1 N–H and O–H groups in total. The number of benzene rings is 3. The minimum atomic E-state index is -3.80. The number of nitrogens with one attached hydrogen (secondary N) is 1. The molecule has 0 spiro atoms. The van der Waals surface area contributed by atoms with Crippen molar-refractivity contribution in [2.45, 2.75) is 28.7 Å². The summed E-state index contributed by atoms with van der Waals surface area (Å²) in [5.41, 5.74) is 0.680. The molecular formula is C29H31N3O8S2. The van der Waals surface area contributed by atoms with E-state index in [2.05, 4.69) is 5.32 Å². The van der Waals surface area contributed by atoms with E-state index in [0.29, 0.717) is 31.9 Å². The Hall–Kier alpha value is -3.62. The van der Waals surface area contributed by atoms with Crippen molar-refractivity contribution >= 4 is 37.6 Å². The van der Waals surface area contributed by atoms with Crippen LogP contribution >= 0.6 is 0 Å². The molecule has 3 aromatic carbocycles. The van der Waals surface area contributed by atoms with Gasteiger partial charge in [0.25, 0.3) is 5.91 Å². The quantitative estimate of drug-likeness (QED) is 0.364. The zero-order valence-electron chi connectivity index (χ0n) is 22.7. The predicted molar refractivity (Wildman–Crippen MR) is 154 cm³/mol. The molecule has 2 fully saturated rings. The Labute approximate surface area is 245 Å². The largest absolute Gasteiger partial charge is 0.444 e. The normalized spacial score (nSPS) is 17.4. The highest BCUT2D eigenvalue weighted by Gasteiger charge is 2.30. The molecule has 2 aliphatic rings. The van der Waals surface area contributed by atoms with E-state index in [-0.39, 0.29) is 34.1 Å². The van der Waals surface area contributed by atoms with E-state index < -0.39 is 38.0 Å². The van der Waals surface area contributed by atoms with Gasteiger partial charge in [-0.15, -0.1) is 0 Å². The summed E-state index contributed by atoms with van der Waals surface area (Å²) in [5.74, 6) is -1.52. The van der Waals surface area contributed by atoms with Crippen molar-refractivity contribution in [3.05, 3.63) is 90.0 Å². The maximum Gasteiger partial charge on any atom is 0.339 e. The number of esters is 1. The third kappa shape index (κ3) is 6.55. The smallest absolute Gasteiger partial charge is 0.339 e. The van der Waals surface area contributed by atoms with Crippen LogP contribution in [0.15, 0.2) is 88.7 Å². The van der Waals surface area contributed by atoms with Gasteiger partial charge >= 0.3 is 5.97 Å². The Bertz CT molecular complexity index is 1630. The molecule has 1 amide bonds. The number of carbonyl (C=O) groups is 2. The van der Waals surface area contributed by atoms with Crippen molar-refractivity contribution < 1.29 is 35.9 Å². The molecule has 5 rings (SSSR count). The van der Waals surface area contributed by atoms with Crippen molar-refractivity contribution in [3.63, 3.8) is 0 Å². The number of ether oxygens (including phenoxy) is 2. The van der Waals surface area contributed by atoms with E-state index in [9.17, 15) is 26.4 Å². The number of nitrogens with zero attached hydrogens (tertiary/aromatic N) is 2. The van der Waals surface area contributed by atoms with Crippen LogP contribution < -0.4 is 5.32 Å². The van der Waals surface area contributed by atoms with E-state index in [0.717, 1.165) is 12.8 Å². The highest BCUT2D eigenvalue weighted by molar-refractivity contribution is 7.89. The third-order valence-electron chi connectivity index (χ3n) is 7.07. The van der Waals surface area contributed by atoms with E-state index in [4.69, 9.17) is 9.47 Å². The Kier molecular flexibility index (Phi) is 9.04. The van der Waals surface area contributed by atoms with Gasteiger partial charge in [-0.1, -0.05) is 36.4 Å². The molecule has 11 nitrogen and oxygen atoms in total. The topological polar surface area (TPSA) is 139 Å². The van der Waals surface area contributed by atoms with Crippen LogP contribution in [-0.2, 0) is 34.3 Å². The van der Waals surface area contributed by atoms with Gasteiger partial charge in [-0.2, -0.15) is 8.61 Å². The number of sulfonamides is 2. The summed E-state index contributed by atoms with van der Waals surface area (Å²) in [7, 11) is -7.45. The first kappa shape index (κ1) is 29.9. The highest BCUT2D eigenvalue weighted by atomic mass is 32.2. The number of rotatable bonds is 9. The van der Waals surface area contributed by atoms with Crippen LogP contribution in [0.3, 0.4) is 0 Å². The fourth-order valence-corrected chi connectivity index (χ4v) is 7.77. The lowest BCUT2D eigenvalue weighted by Gasteiger charge is -2.26. The van der Waals surface area contributed by atoms with Crippen LogP contribution in [-0.4, -0.2) is 76.7 Å². The maximum absolute atomic E-state index is 13.4. The third-order valence-corrected chi connectivity index (χ3v) is 10.9. The molecule has 0 bridgehead atoms. The number of hydrogen-bond acceptors (Lipinski definition) is 8. The fourth-order valence-electron chi connectivity index (χ4n) is 4.79. The molecule has 2 saturated heterocycles. The van der Waals surface area contributed by atoms with Gasteiger partial charge in [0.2, 0.25) is 26.2 Å². The Morgan fingerprint density at radius 3 is 2.02 bits per heavy atom. The summed E-state index contributed by atoms with van der Waals surface area (Å²) in [6.45, 7) is 1.99. The lowest BCUT2D eigenvalue weighted by atomic mass is 10.1. The average molecular weight is 614 g/mol. The second-order valence-electron chi connectivity index (χ2n) is 9.87. The zero-order chi connectivity index (χ0) is 29.7. The standard InChI is InChI=1S/C29H31N3O8S2/c33-28(30-24-9-6-10-26(21-24)42(37,38)32-17-19-39-20-18-32)27(22-7-2-1-3-8-22)40-29(34)23-11-13-25(14-12-23)41(35,36)31-15-4-5-16-31/h1-3,6-14,21,27H,4-5,15-20H2,(H,30,33)/t27-/m0/s1. The van der Waals surface area contributed by atoms with Gasteiger partial charge in [-0.3, -0.25) is 4.79 Å². The van der Waals surface area contributed by atoms with E-state index >= 15 is 0 Å². The SMILES string of the molecule is O=C(O[C@H](C(=O)Nc1cccc(S(=O)(=O)N2CCOCC2)c1)c1ccccc1)c1ccc(S(=O)(=O)N2CCCC2)cc1. The molecule has 222 valence electrons. The average Bonchev–Trinajstić information content (AvgIpc) is 3.57.